The molecule has 0 amide bonds. The van der Waals surface area contributed by atoms with Gasteiger partial charge in [-0.1, -0.05) is 0 Å². The van der Waals surface area contributed by atoms with Crippen molar-refractivity contribution in [1.29, 1.82) is 5.26 Å². The summed E-state index contributed by atoms with van der Waals surface area (Å²) >= 11 is 0. The lowest BCUT2D eigenvalue weighted by Gasteiger charge is -2.14. The Labute approximate surface area is 106 Å². The summed E-state index contributed by atoms with van der Waals surface area (Å²) in [6.07, 6.45) is 0. The second kappa shape index (κ2) is 5.82. The molecule has 5 nitrogen and oxygen atoms in total. The van der Waals surface area contributed by atoms with Crippen molar-refractivity contribution in [3.8, 4) is 23.3 Å². The van der Waals surface area contributed by atoms with Crippen molar-refractivity contribution in [1.82, 2.24) is 0 Å². The molecule has 0 aliphatic carbocycles. The molecule has 0 bridgehead atoms. The van der Waals surface area contributed by atoms with Gasteiger partial charge >= 0.3 is 0 Å². The highest BCUT2D eigenvalue weighted by Crippen LogP contribution is 2.39. The number of rotatable bonds is 4. The maximum atomic E-state index is 8.85. The smallest absolute Gasteiger partial charge is 0.203 e. The summed E-state index contributed by atoms with van der Waals surface area (Å²) < 4.78 is 15.6. The first-order valence-corrected chi connectivity index (χ1v) is 5.25. The fourth-order valence-corrected chi connectivity index (χ4v) is 1.51. The lowest BCUT2D eigenvalue weighted by molar-refractivity contribution is 0.324. The maximum absolute atomic E-state index is 8.85. The first kappa shape index (κ1) is 13.7. The Kier molecular flexibility index (Phi) is 4.44. The molecule has 0 fully saturated rings. The lowest BCUT2D eigenvalue weighted by Crippen LogP contribution is -2.02. The third-order valence-electron chi connectivity index (χ3n) is 2.55. The fourth-order valence-electron chi connectivity index (χ4n) is 1.51. The van der Waals surface area contributed by atoms with E-state index < -0.39 is 0 Å². The van der Waals surface area contributed by atoms with Crippen LogP contribution in [0.3, 0.4) is 0 Å². The van der Waals surface area contributed by atoms with Gasteiger partial charge in [-0.25, -0.2) is 0 Å². The van der Waals surface area contributed by atoms with Gasteiger partial charge in [0.1, 0.15) is 0 Å². The van der Waals surface area contributed by atoms with Gasteiger partial charge in [0.2, 0.25) is 5.75 Å². The van der Waals surface area contributed by atoms with Crippen LogP contribution >= 0.6 is 0 Å². The number of nitriles is 1. The highest BCUT2D eigenvalue weighted by Gasteiger charge is 2.14. The Balaban J connectivity index is 3.47. The molecule has 0 heterocycles. The molecule has 0 spiro atoms. The molecule has 18 heavy (non-hydrogen) atoms. The average Bonchev–Trinajstić information content (AvgIpc) is 2.43. The van der Waals surface area contributed by atoms with Crippen molar-refractivity contribution < 1.29 is 14.2 Å². The molecule has 2 N–H and O–H groups in total. The molecule has 5 heteroatoms. The van der Waals surface area contributed by atoms with Crippen LogP contribution in [0.4, 0.5) is 0 Å². The predicted octanol–water partition coefficient (Wildman–Crippen LogP) is 1.93. The quantitative estimate of drug-likeness (QED) is 0.824. The third kappa shape index (κ3) is 2.48. The molecule has 0 atom stereocenters. The van der Waals surface area contributed by atoms with Gasteiger partial charge in [0.15, 0.2) is 11.5 Å². The molecule has 0 saturated heterocycles. The van der Waals surface area contributed by atoms with Crippen LogP contribution in [0.5, 0.6) is 17.2 Å². The number of methoxy groups -OCH3 is 3. The normalized spacial score (nSPS) is 11.3. The average molecular weight is 248 g/mol. The minimum atomic E-state index is 0.386. The van der Waals surface area contributed by atoms with Crippen LogP contribution < -0.4 is 19.9 Å². The molecule has 0 saturated carbocycles. The van der Waals surface area contributed by atoms with Gasteiger partial charge in [0.25, 0.3) is 0 Å². The van der Waals surface area contributed by atoms with E-state index in [0.29, 0.717) is 34.1 Å². The van der Waals surface area contributed by atoms with Gasteiger partial charge in [-0.3, -0.25) is 0 Å². The summed E-state index contributed by atoms with van der Waals surface area (Å²) in [5.41, 5.74) is 7.37. The standard InChI is InChI=1S/C13H16N2O3/c1-8(7-14)12(15)9-5-10(16-2)13(18-4)11(6-9)17-3/h5-6H,15H2,1-4H3/b12-8+. The molecule has 96 valence electrons. The summed E-state index contributed by atoms with van der Waals surface area (Å²) in [6, 6.07) is 5.42. The molecule has 1 aromatic carbocycles. The Hall–Kier alpha value is -2.35. The summed E-state index contributed by atoms with van der Waals surface area (Å²) in [4.78, 5) is 0. The van der Waals surface area contributed by atoms with Crippen molar-refractivity contribution in [3.63, 3.8) is 0 Å². The maximum Gasteiger partial charge on any atom is 0.203 e. The Morgan fingerprint density at radius 1 is 1.11 bits per heavy atom. The number of ether oxygens (including phenoxy) is 3. The molecule has 1 aromatic rings. The number of nitrogens with zero attached hydrogens (tertiary/aromatic N) is 1. The topological polar surface area (TPSA) is 77.5 Å². The molecule has 1 rings (SSSR count). The van der Waals surface area contributed by atoms with Crippen LogP contribution in [0.1, 0.15) is 12.5 Å². The van der Waals surface area contributed by atoms with Gasteiger partial charge in [-0.2, -0.15) is 5.26 Å². The van der Waals surface area contributed by atoms with Crippen LogP contribution in [0.15, 0.2) is 17.7 Å². The van der Waals surface area contributed by atoms with E-state index in [-0.39, 0.29) is 0 Å². The van der Waals surface area contributed by atoms with Crippen molar-refractivity contribution in [2.24, 2.45) is 5.73 Å². The summed E-state index contributed by atoms with van der Waals surface area (Å²) in [6.45, 7) is 1.65. The number of allylic oxidation sites excluding steroid dienone is 1. The minimum Gasteiger partial charge on any atom is -0.493 e. The highest BCUT2D eigenvalue weighted by atomic mass is 16.5. The van der Waals surface area contributed by atoms with Gasteiger partial charge in [0.05, 0.1) is 33.1 Å². The van der Waals surface area contributed by atoms with E-state index in [1.807, 2.05) is 6.07 Å². The number of hydrogen-bond donors (Lipinski definition) is 1. The minimum absolute atomic E-state index is 0.386. The number of benzene rings is 1. The van der Waals surface area contributed by atoms with E-state index >= 15 is 0 Å². The zero-order valence-electron chi connectivity index (χ0n) is 10.9. The monoisotopic (exact) mass is 248 g/mol. The molecular formula is C13H16N2O3. The molecule has 0 aromatic heterocycles. The Morgan fingerprint density at radius 2 is 1.61 bits per heavy atom. The van der Waals surface area contributed by atoms with Crippen LogP contribution in [-0.2, 0) is 0 Å². The molecular weight excluding hydrogens is 232 g/mol. The molecule has 0 aliphatic heterocycles. The second-order valence-electron chi connectivity index (χ2n) is 3.56. The van der Waals surface area contributed by atoms with Gasteiger partial charge in [-0.05, 0) is 19.1 Å². The zero-order valence-corrected chi connectivity index (χ0v) is 10.9. The van der Waals surface area contributed by atoms with E-state index in [1.165, 1.54) is 21.3 Å². The molecule has 0 radical (unpaired) electrons. The molecule has 0 unspecified atom stereocenters. The van der Waals surface area contributed by atoms with E-state index in [1.54, 1.807) is 19.1 Å². The van der Waals surface area contributed by atoms with Crippen LogP contribution in [0, 0.1) is 11.3 Å². The zero-order chi connectivity index (χ0) is 13.7. The van der Waals surface area contributed by atoms with Crippen molar-refractivity contribution >= 4 is 5.70 Å². The Bertz CT molecular complexity index is 490. The summed E-state index contributed by atoms with van der Waals surface area (Å²) in [5, 5.41) is 8.85. The van der Waals surface area contributed by atoms with Gasteiger partial charge in [-0.15, -0.1) is 0 Å². The van der Waals surface area contributed by atoms with E-state index in [4.69, 9.17) is 25.2 Å². The SMILES string of the molecule is COc1cc(/C(N)=C(/C)C#N)cc(OC)c1OC. The van der Waals surface area contributed by atoms with Gasteiger partial charge in [0, 0.05) is 11.1 Å². The first-order chi connectivity index (χ1) is 8.58. The fraction of sp³-hybridized carbons (Fsp3) is 0.308. The molecule has 0 aliphatic rings. The lowest BCUT2D eigenvalue weighted by atomic mass is 10.1. The van der Waals surface area contributed by atoms with E-state index in [0.717, 1.165) is 0 Å². The van der Waals surface area contributed by atoms with E-state index in [2.05, 4.69) is 0 Å². The summed E-state index contributed by atoms with van der Waals surface area (Å²) in [5.74, 6) is 1.49. The number of hydrogen-bond acceptors (Lipinski definition) is 5. The third-order valence-corrected chi connectivity index (χ3v) is 2.55. The van der Waals surface area contributed by atoms with Gasteiger partial charge < -0.3 is 19.9 Å². The second-order valence-corrected chi connectivity index (χ2v) is 3.56. The predicted molar refractivity (Wildman–Crippen MR) is 68.5 cm³/mol. The Morgan fingerprint density at radius 3 is 1.94 bits per heavy atom. The van der Waals surface area contributed by atoms with Crippen LogP contribution in [0.2, 0.25) is 0 Å². The number of nitrogens with two attached hydrogens (primary N) is 1. The van der Waals surface area contributed by atoms with Crippen molar-refractivity contribution in [2.45, 2.75) is 6.92 Å². The van der Waals surface area contributed by atoms with Crippen molar-refractivity contribution in [3.05, 3.63) is 23.3 Å². The van der Waals surface area contributed by atoms with Crippen molar-refractivity contribution in [2.75, 3.05) is 21.3 Å². The van der Waals surface area contributed by atoms with E-state index in [9.17, 15) is 0 Å². The largest absolute Gasteiger partial charge is 0.493 e. The summed E-state index contributed by atoms with van der Waals surface area (Å²) in [7, 11) is 4.58. The van der Waals surface area contributed by atoms with Crippen LogP contribution in [0.25, 0.3) is 5.70 Å². The van der Waals surface area contributed by atoms with Crippen LogP contribution in [-0.4, -0.2) is 21.3 Å². The first-order valence-electron chi connectivity index (χ1n) is 5.25. The highest BCUT2D eigenvalue weighted by molar-refractivity contribution is 5.72.